The zero-order chi connectivity index (χ0) is 20.5. The zero-order valence-electron chi connectivity index (χ0n) is 16.2. The van der Waals surface area contributed by atoms with Crippen LogP contribution in [0.15, 0.2) is 24.3 Å². The maximum Gasteiger partial charge on any atom is 0.407 e. The number of rotatable bonds is 5. The van der Waals surface area contributed by atoms with Crippen LogP contribution in [-0.4, -0.2) is 63.1 Å². The Balaban J connectivity index is 1.25. The molecule has 1 unspecified atom stereocenters. The Morgan fingerprint density at radius 1 is 1.24 bits per heavy atom. The van der Waals surface area contributed by atoms with Crippen molar-refractivity contribution in [2.75, 3.05) is 13.1 Å². The molecule has 154 valence electrons. The van der Waals surface area contributed by atoms with Gasteiger partial charge in [-0.2, -0.15) is 0 Å². The quantitative estimate of drug-likeness (QED) is 0.605. The van der Waals surface area contributed by atoms with Gasteiger partial charge in [0.05, 0.1) is 11.0 Å². The Bertz CT molecular complexity index is 901. The Morgan fingerprint density at radius 2 is 1.97 bits per heavy atom. The second-order valence-electron chi connectivity index (χ2n) is 7.87. The second-order valence-corrected chi connectivity index (χ2v) is 7.87. The molecule has 2 heterocycles. The molecule has 29 heavy (non-hydrogen) atoms. The van der Waals surface area contributed by atoms with Crippen LogP contribution in [-0.2, 0) is 9.59 Å². The van der Waals surface area contributed by atoms with Gasteiger partial charge in [0.1, 0.15) is 11.9 Å². The summed E-state index contributed by atoms with van der Waals surface area (Å²) in [5, 5.41) is 14.7. The van der Waals surface area contributed by atoms with Crippen LogP contribution in [0.2, 0.25) is 0 Å². The minimum absolute atomic E-state index is 0.0537. The van der Waals surface area contributed by atoms with E-state index in [4.69, 9.17) is 5.11 Å². The zero-order valence-corrected chi connectivity index (χ0v) is 16.2. The van der Waals surface area contributed by atoms with E-state index < -0.39 is 12.1 Å². The van der Waals surface area contributed by atoms with E-state index in [0.29, 0.717) is 32.4 Å². The number of hydrogen-bond donors (Lipinski definition) is 4. The topological polar surface area (TPSA) is 127 Å². The van der Waals surface area contributed by atoms with Gasteiger partial charge in [-0.15, -0.1) is 0 Å². The number of likely N-dealkylation sites (tertiary alicyclic amines) is 1. The second kappa shape index (κ2) is 7.73. The lowest BCUT2D eigenvalue weighted by atomic mass is 10.0. The van der Waals surface area contributed by atoms with Crippen LogP contribution in [0.1, 0.15) is 37.9 Å². The monoisotopic (exact) mass is 399 g/mol. The van der Waals surface area contributed by atoms with Crippen LogP contribution >= 0.6 is 0 Å². The SMILES string of the molecule is CC(NC(=O)[C@@H]1C[C@H]1c1nc2ccccc2[nH]1)C(=O)NC1CCN(C(=O)O)CC1. The fourth-order valence-corrected chi connectivity index (χ4v) is 3.86. The molecule has 0 radical (unpaired) electrons. The number of hydrogen-bond acceptors (Lipinski definition) is 4. The van der Waals surface area contributed by atoms with Gasteiger partial charge in [-0.3, -0.25) is 9.59 Å². The summed E-state index contributed by atoms with van der Waals surface area (Å²) in [6, 6.07) is 7.04. The van der Waals surface area contributed by atoms with Crippen molar-refractivity contribution in [3.05, 3.63) is 30.1 Å². The van der Waals surface area contributed by atoms with Crippen LogP contribution in [0.5, 0.6) is 0 Å². The molecule has 0 bridgehead atoms. The number of carbonyl (C=O) groups is 3. The third-order valence-corrected chi connectivity index (χ3v) is 5.75. The van der Waals surface area contributed by atoms with E-state index in [9.17, 15) is 14.4 Å². The van der Waals surface area contributed by atoms with E-state index in [1.54, 1.807) is 6.92 Å². The van der Waals surface area contributed by atoms with Crippen molar-refractivity contribution in [2.45, 2.75) is 44.2 Å². The standard InChI is InChI=1S/C20H25N5O4/c1-11(18(26)22-12-6-8-25(9-7-12)20(28)29)21-19(27)14-10-13(14)17-23-15-4-2-3-5-16(15)24-17/h2-5,11-14H,6-10H2,1H3,(H,21,27)(H,22,26)(H,23,24)(H,28,29)/t11?,13-,14-/m1/s1. The number of H-pyrrole nitrogens is 1. The molecule has 1 aliphatic carbocycles. The number of nitrogens with one attached hydrogen (secondary N) is 3. The predicted molar refractivity (Wildman–Crippen MR) is 105 cm³/mol. The number of para-hydroxylation sites is 2. The molecule has 0 spiro atoms. The number of nitrogens with zero attached hydrogens (tertiary/aromatic N) is 2. The largest absolute Gasteiger partial charge is 0.465 e. The summed E-state index contributed by atoms with van der Waals surface area (Å²) < 4.78 is 0. The number of imidazole rings is 1. The van der Waals surface area contributed by atoms with Gasteiger partial charge in [0.15, 0.2) is 0 Å². The average Bonchev–Trinajstić information content (AvgIpc) is 3.40. The van der Waals surface area contributed by atoms with Gasteiger partial charge in [-0.25, -0.2) is 9.78 Å². The highest BCUT2D eigenvalue weighted by molar-refractivity contribution is 5.90. The van der Waals surface area contributed by atoms with E-state index in [1.165, 1.54) is 4.90 Å². The molecule has 9 heteroatoms. The number of fused-ring (bicyclic) bond motifs is 1. The van der Waals surface area contributed by atoms with Crippen LogP contribution < -0.4 is 10.6 Å². The lowest BCUT2D eigenvalue weighted by Crippen LogP contribution is -2.51. The predicted octanol–water partition coefficient (Wildman–Crippen LogP) is 1.43. The van der Waals surface area contributed by atoms with Gasteiger partial charge in [-0.05, 0) is 38.3 Å². The van der Waals surface area contributed by atoms with E-state index >= 15 is 0 Å². The third kappa shape index (κ3) is 4.18. The molecular formula is C20H25N5O4. The molecule has 9 nitrogen and oxygen atoms in total. The van der Waals surface area contributed by atoms with Gasteiger partial charge < -0.3 is 25.6 Å². The Morgan fingerprint density at radius 3 is 2.66 bits per heavy atom. The highest BCUT2D eigenvalue weighted by atomic mass is 16.4. The number of aromatic amines is 1. The first-order valence-electron chi connectivity index (χ1n) is 9.95. The normalized spacial score (nSPS) is 22.9. The summed E-state index contributed by atoms with van der Waals surface area (Å²) in [6.45, 7) is 2.47. The molecule has 4 rings (SSSR count). The highest BCUT2D eigenvalue weighted by Crippen LogP contribution is 2.46. The molecule has 1 saturated carbocycles. The molecule has 1 aromatic heterocycles. The van der Waals surface area contributed by atoms with Crippen LogP contribution in [0.3, 0.4) is 0 Å². The lowest BCUT2D eigenvalue weighted by Gasteiger charge is -2.31. The van der Waals surface area contributed by atoms with E-state index in [0.717, 1.165) is 16.9 Å². The summed E-state index contributed by atoms with van der Waals surface area (Å²) in [6.07, 6.45) is 0.942. The number of benzene rings is 1. The molecule has 3 amide bonds. The molecular weight excluding hydrogens is 374 g/mol. The summed E-state index contributed by atoms with van der Waals surface area (Å²) in [4.78, 5) is 45.0. The van der Waals surface area contributed by atoms with Crippen molar-refractivity contribution in [1.82, 2.24) is 25.5 Å². The first-order valence-corrected chi connectivity index (χ1v) is 9.95. The van der Waals surface area contributed by atoms with Crippen molar-refractivity contribution in [3.63, 3.8) is 0 Å². The number of carbonyl (C=O) groups excluding carboxylic acids is 2. The number of piperidine rings is 1. The number of amides is 3. The van der Waals surface area contributed by atoms with Gasteiger partial charge in [-0.1, -0.05) is 12.1 Å². The van der Waals surface area contributed by atoms with Crippen LogP contribution in [0, 0.1) is 5.92 Å². The van der Waals surface area contributed by atoms with E-state index in [-0.39, 0.29) is 29.7 Å². The van der Waals surface area contributed by atoms with E-state index in [1.807, 2.05) is 24.3 Å². The van der Waals surface area contributed by atoms with Gasteiger partial charge in [0, 0.05) is 31.0 Å². The van der Waals surface area contributed by atoms with Gasteiger partial charge in [0.2, 0.25) is 11.8 Å². The van der Waals surface area contributed by atoms with Crippen molar-refractivity contribution < 1.29 is 19.5 Å². The third-order valence-electron chi connectivity index (χ3n) is 5.75. The summed E-state index contributed by atoms with van der Waals surface area (Å²) in [7, 11) is 0. The van der Waals surface area contributed by atoms with Crippen LogP contribution in [0.25, 0.3) is 11.0 Å². The molecule has 2 aromatic rings. The fraction of sp³-hybridized carbons (Fsp3) is 0.500. The maximum absolute atomic E-state index is 12.5. The lowest BCUT2D eigenvalue weighted by molar-refractivity contribution is -0.129. The fourth-order valence-electron chi connectivity index (χ4n) is 3.86. The molecule has 2 aliphatic rings. The average molecular weight is 399 g/mol. The molecule has 1 aliphatic heterocycles. The molecule has 3 atom stereocenters. The molecule has 1 saturated heterocycles. The highest BCUT2D eigenvalue weighted by Gasteiger charge is 2.46. The Kier molecular flexibility index (Phi) is 5.12. The first-order chi connectivity index (χ1) is 13.9. The molecule has 1 aromatic carbocycles. The maximum atomic E-state index is 12.5. The van der Waals surface area contributed by atoms with Gasteiger partial charge in [0.25, 0.3) is 0 Å². The van der Waals surface area contributed by atoms with E-state index in [2.05, 4.69) is 20.6 Å². The summed E-state index contributed by atoms with van der Waals surface area (Å²) in [5.41, 5.74) is 1.84. The minimum atomic E-state index is -0.932. The summed E-state index contributed by atoms with van der Waals surface area (Å²) >= 11 is 0. The number of aromatic nitrogens is 2. The Hall–Kier alpha value is -3.10. The Labute approximate surface area is 167 Å². The number of carboxylic acid groups (broad SMARTS) is 1. The minimum Gasteiger partial charge on any atom is -0.465 e. The molecule has 2 fully saturated rings. The first kappa shape index (κ1) is 19.2. The smallest absolute Gasteiger partial charge is 0.407 e. The van der Waals surface area contributed by atoms with Crippen molar-refractivity contribution in [1.29, 1.82) is 0 Å². The summed E-state index contributed by atoms with van der Waals surface area (Å²) in [5.74, 6) is 0.308. The molecule has 4 N–H and O–H groups in total. The van der Waals surface area contributed by atoms with Crippen molar-refractivity contribution >= 4 is 28.9 Å². The van der Waals surface area contributed by atoms with Crippen LogP contribution in [0.4, 0.5) is 4.79 Å². The van der Waals surface area contributed by atoms with Crippen molar-refractivity contribution in [3.8, 4) is 0 Å². The van der Waals surface area contributed by atoms with Gasteiger partial charge >= 0.3 is 6.09 Å². The van der Waals surface area contributed by atoms with Crippen molar-refractivity contribution in [2.24, 2.45) is 5.92 Å².